The van der Waals surface area contributed by atoms with Crippen molar-refractivity contribution in [1.82, 2.24) is 5.48 Å². The van der Waals surface area contributed by atoms with Crippen LogP contribution in [0.4, 0.5) is 0 Å². The molecule has 4 fully saturated rings. The lowest BCUT2D eigenvalue weighted by molar-refractivity contribution is -0.159. The van der Waals surface area contributed by atoms with E-state index >= 15 is 0 Å². The van der Waals surface area contributed by atoms with Crippen LogP contribution in [0.5, 0.6) is 0 Å². The third-order valence-electron chi connectivity index (χ3n) is 5.73. The summed E-state index contributed by atoms with van der Waals surface area (Å²) in [7, 11) is 0. The predicted octanol–water partition coefficient (Wildman–Crippen LogP) is 2.66. The zero-order chi connectivity index (χ0) is 12.1. The fourth-order valence-corrected chi connectivity index (χ4v) is 5.16. The molecule has 4 bridgehead atoms. The molecule has 0 aromatic carbocycles. The van der Waals surface area contributed by atoms with Crippen LogP contribution in [0.15, 0.2) is 0 Å². The van der Waals surface area contributed by atoms with E-state index in [1.54, 1.807) is 0 Å². The topological polar surface area (TPSA) is 38.3 Å². The lowest BCUT2D eigenvalue weighted by Crippen LogP contribution is -2.61. The van der Waals surface area contributed by atoms with Crippen molar-refractivity contribution < 1.29 is 9.63 Å². The Morgan fingerprint density at radius 3 is 2.00 bits per heavy atom. The zero-order valence-corrected chi connectivity index (χ0v) is 10.9. The van der Waals surface area contributed by atoms with Gasteiger partial charge in [-0.15, -0.1) is 5.48 Å². The Labute approximate surface area is 103 Å². The third kappa shape index (κ3) is 1.70. The third-order valence-corrected chi connectivity index (χ3v) is 5.73. The van der Waals surface area contributed by atoms with Gasteiger partial charge in [-0.3, -0.25) is 4.79 Å². The first-order chi connectivity index (χ1) is 8.05. The fourth-order valence-electron chi connectivity index (χ4n) is 5.16. The maximum absolute atomic E-state index is 10.4. The van der Waals surface area contributed by atoms with Gasteiger partial charge in [0, 0.05) is 0 Å². The van der Waals surface area contributed by atoms with E-state index in [1.807, 2.05) is 0 Å². The monoisotopic (exact) mass is 237 g/mol. The number of hydrogen-bond acceptors (Lipinski definition) is 3. The molecule has 4 aliphatic carbocycles. The number of hydroxylamine groups is 1. The maximum Gasteiger partial charge on any atom is 0.312 e. The molecule has 1 N–H and O–H groups in total. The summed E-state index contributed by atoms with van der Waals surface area (Å²) < 4.78 is 0. The summed E-state index contributed by atoms with van der Waals surface area (Å²) in [6.07, 6.45) is 8.31. The van der Waals surface area contributed by atoms with Crippen molar-refractivity contribution in [2.45, 2.75) is 57.9 Å². The van der Waals surface area contributed by atoms with Crippen molar-refractivity contribution in [3.05, 3.63) is 0 Å². The summed E-state index contributed by atoms with van der Waals surface area (Å²) >= 11 is 0. The molecule has 4 aliphatic rings. The van der Waals surface area contributed by atoms with Crippen LogP contribution in [0.25, 0.3) is 0 Å². The molecular weight excluding hydrogens is 214 g/mol. The number of carbonyl (C=O) groups excluding carboxylic acids is 1. The maximum atomic E-state index is 10.4. The smallest absolute Gasteiger partial charge is 0.312 e. The molecule has 0 saturated heterocycles. The van der Waals surface area contributed by atoms with E-state index in [2.05, 4.69) is 19.3 Å². The van der Waals surface area contributed by atoms with E-state index in [-0.39, 0.29) is 5.54 Å². The van der Waals surface area contributed by atoms with Crippen molar-refractivity contribution in [2.75, 3.05) is 0 Å². The summed E-state index contributed by atoms with van der Waals surface area (Å²) in [5.41, 5.74) is 3.26. The van der Waals surface area contributed by atoms with E-state index < -0.39 is 0 Å². The normalized spacial score (nSPS) is 43.8. The summed E-state index contributed by atoms with van der Waals surface area (Å²) in [6.45, 7) is 4.90. The molecule has 0 heterocycles. The van der Waals surface area contributed by atoms with E-state index in [1.165, 1.54) is 38.5 Å². The molecule has 0 aliphatic heterocycles. The largest absolute Gasteiger partial charge is 0.373 e. The average Bonchev–Trinajstić information content (AvgIpc) is 2.24. The molecular formula is C14H23NO2. The van der Waals surface area contributed by atoms with Gasteiger partial charge in [-0.05, 0) is 75.5 Å². The Morgan fingerprint density at radius 1 is 1.12 bits per heavy atom. The van der Waals surface area contributed by atoms with Gasteiger partial charge in [-0.2, -0.15) is 0 Å². The van der Waals surface area contributed by atoms with Gasteiger partial charge >= 0.3 is 6.47 Å². The molecule has 0 unspecified atom stereocenters. The van der Waals surface area contributed by atoms with Gasteiger partial charge in [0.1, 0.15) is 0 Å². The zero-order valence-electron chi connectivity index (χ0n) is 10.9. The summed E-state index contributed by atoms with van der Waals surface area (Å²) in [5.74, 6) is 2.79. The molecule has 96 valence electrons. The lowest BCUT2D eigenvalue weighted by Gasteiger charge is -2.62. The molecule has 3 heteroatoms. The van der Waals surface area contributed by atoms with E-state index in [4.69, 9.17) is 4.84 Å². The van der Waals surface area contributed by atoms with Gasteiger partial charge in [0.05, 0.1) is 5.54 Å². The Kier molecular flexibility index (Phi) is 2.51. The standard InChI is InChI=1S/C14H23NO2/c1-13(2,15-17-9-16)14-6-10-3-11(7-14)5-12(4-10)8-14/h9-12,15H,3-8H2,1-2H3. The van der Waals surface area contributed by atoms with Crippen LogP contribution < -0.4 is 5.48 Å². The fraction of sp³-hybridized carbons (Fsp3) is 0.929. The van der Waals surface area contributed by atoms with E-state index in [0.29, 0.717) is 11.9 Å². The summed E-state index contributed by atoms with van der Waals surface area (Å²) in [5, 5.41) is 0. The Hall–Kier alpha value is -0.570. The Morgan fingerprint density at radius 2 is 1.59 bits per heavy atom. The van der Waals surface area contributed by atoms with Crippen LogP contribution in [-0.4, -0.2) is 12.0 Å². The van der Waals surface area contributed by atoms with Gasteiger partial charge < -0.3 is 4.84 Å². The minimum absolute atomic E-state index is 0.0933. The Bertz CT molecular complexity index is 289. The van der Waals surface area contributed by atoms with Crippen molar-refractivity contribution in [3.8, 4) is 0 Å². The van der Waals surface area contributed by atoms with Crippen molar-refractivity contribution >= 4 is 6.47 Å². The number of hydrogen-bond donors (Lipinski definition) is 1. The number of rotatable bonds is 4. The molecule has 0 aromatic heterocycles. The highest BCUT2D eigenvalue weighted by molar-refractivity contribution is 5.36. The molecule has 17 heavy (non-hydrogen) atoms. The molecule has 0 radical (unpaired) electrons. The number of nitrogens with one attached hydrogen (secondary N) is 1. The molecule has 3 nitrogen and oxygen atoms in total. The molecule has 0 amide bonds. The highest BCUT2D eigenvalue weighted by Gasteiger charge is 2.57. The minimum atomic E-state index is -0.0933. The first-order valence-corrected chi connectivity index (χ1v) is 6.91. The highest BCUT2D eigenvalue weighted by Crippen LogP contribution is 2.63. The predicted molar refractivity (Wildman–Crippen MR) is 65.0 cm³/mol. The second-order valence-electron chi connectivity index (χ2n) is 7.14. The first kappa shape index (κ1) is 11.5. The van der Waals surface area contributed by atoms with Crippen LogP contribution >= 0.6 is 0 Å². The molecule has 4 saturated carbocycles. The van der Waals surface area contributed by atoms with Crippen LogP contribution in [0.2, 0.25) is 0 Å². The number of carbonyl (C=O) groups is 1. The van der Waals surface area contributed by atoms with Gasteiger partial charge in [-0.1, -0.05) is 0 Å². The molecule has 0 atom stereocenters. The second-order valence-corrected chi connectivity index (χ2v) is 7.14. The van der Waals surface area contributed by atoms with E-state index in [9.17, 15) is 4.79 Å². The minimum Gasteiger partial charge on any atom is -0.373 e. The molecule has 0 aromatic rings. The summed E-state index contributed by atoms with van der Waals surface area (Å²) in [4.78, 5) is 15.3. The van der Waals surface area contributed by atoms with Gasteiger partial charge in [0.15, 0.2) is 0 Å². The first-order valence-electron chi connectivity index (χ1n) is 6.91. The summed E-state index contributed by atoms with van der Waals surface area (Å²) in [6, 6.07) is 0. The highest BCUT2D eigenvalue weighted by atomic mass is 16.7. The van der Waals surface area contributed by atoms with Crippen molar-refractivity contribution in [1.29, 1.82) is 0 Å². The van der Waals surface area contributed by atoms with Crippen LogP contribution in [0.1, 0.15) is 52.4 Å². The van der Waals surface area contributed by atoms with Crippen molar-refractivity contribution in [3.63, 3.8) is 0 Å². The van der Waals surface area contributed by atoms with Crippen molar-refractivity contribution in [2.24, 2.45) is 23.2 Å². The van der Waals surface area contributed by atoms with Crippen LogP contribution in [0.3, 0.4) is 0 Å². The van der Waals surface area contributed by atoms with Gasteiger partial charge in [-0.25, -0.2) is 0 Å². The van der Waals surface area contributed by atoms with Crippen LogP contribution in [-0.2, 0) is 9.63 Å². The second kappa shape index (κ2) is 3.71. The van der Waals surface area contributed by atoms with Crippen LogP contribution in [0, 0.1) is 23.2 Å². The van der Waals surface area contributed by atoms with Gasteiger partial charge in [0.25, 0.3) is 0 Å². The quantitative estimate of drug-likeness (QED) is 0.603. The van der Waals surface area contributed by atoms with E-state index in [0.717, 1.165) is 17.8 Å². The Balaban J connectivity index is 1.83. The van der Waals surface area contributed by atoms with Gasteiger partial charge in [0.2, 0.25) is 0 Å². The molecule has 4 rings (SSSR count). The SMILES string of the molecule is CC(C)(NOC=O)C12CC3CC(CC(C3)C1)C2. The average molecular weight is 237 g/mol. The lowest BCUT2D eigenvalue weighted by atomic mass is 9.45. The molecule has 0 spiro atoms.